The van der Waals surface area contributed by atoms with Crippen molar-refractivity contribution in [2.45, 2.75) is 27.3 Å². The van der Waals surface area contributed by atoms with E-state index in [1.54, 1.807) is 13.8 Å². The van der Waals surface area contributed by atoms with Gasteiger partial charge in [-0.2, -0.15) is 5.10 Å². The van der Waals surface area contributed by atoms with Gasteiger partial charge in [0.1, 0.15) is 28.3 Å². The van der Waals surface area contributed by atoms with Crippen LogP contribution in [-0.2, 0) is 20.8 Å². The maximum absolute atomic E-state index is 12.3. The topological polar surface area (TPSA) is 143 Å². The Balaban J connectivity index is 2.28. The lowest BCUT2D eigenvalue weighted by Gasteiger charge is -2.06. The molecule has 150 valence electrons. The molecule has 0 aliphatic carbocycles. The zero-order chi connectivity index (χ0) is 21.0. The highest BCUT2D eigenvalue weighted by atomic mass is 32.1. The number of hydrogen-bond donors (Lipinski definition) is 1. The Bertz CT molecular complexity index is 947. The van der Waals surface area contributed by atoms with E-state index in [1.807, 2.05) is 0 Å². The van der Waals surface area contributed by atoms with Crippen molar-refractivity contribution in [3.8, 4) is 0 Å². The van der Waals surface area contributed by atoms with Gasteiger partial charge in [-0.25, -0.2) is 9.59 Å². The molecule has 0 aliphatic heterocycles. The summed E-state index contributed by atoms with van der Waals surface area (Å²) in [6.07, 6.45) is 1.14. The Morgan fingerprint density at radius 3 is 2.54 bits per heavy atom. The van der Waals surface area contributed by atoms with E-state index in [4.69, 9.17) is 9.47 Å². The molecule has 1 amide bonds. The van der Waals surface area contributed by atoms with Gasteiger partial charge in [-0.05, 0) is 26.3 Å². The fourth-order valence-electron chi connectivity index (χ4n) is 2.42. The van der Waals surface area contributed by atoms with E-state index in [0.29, 0.717) is 5.56 Å². The Kier molecular flexibility index (Phi) is 6.46. The molecule has 12 heteroatoms. The summed E-state index contributed by atoms with van der Waals surface area (Å²) >= 11 is 0.885. The standard InChI is InChI=1S/C16H18N4O7S/c1-5-27-16(23)13-8(2)12(15(22)26-4)14(28-13)17-11(21)7-19-6-10(20(24)25)9(3)18-19/h6H,5,7H2,1-4H3,(H,17,21). The molecule has 0 aromatic carbocycles. The molecule has 0 saturated carbocycles. The van der Waals surface area contributed by atoms with Gasteiger partial charge in [-0.1, -0.05) is 0 Å². The van der Waals surface area contributed by atoms with E-state index in [2.05, 4.69) is 10.4 Å². The summed E-state index contributed by atoms with van der Waals surface area (Å²) in [5.41, 5.74) is 0.340. The highest BCUT2D eigenvalue weighted by Gasteiger charge is 2.27. The number of thiophene rings is 1. The number of esters is 2. The van der Waals surface area contributed by atoms with Gasteiger partial charge in [0, 0.05) is 0 Å². The molecule has 0 atom stereocenters. The molecule has 1 N–H and O–H groups in total. The minimum atomic E-state index is -0.717. The second-order valence-electron chi connectivity index (χ2n) is 5.57. The maximum atomic E-state index is 12.3. The van der Waals surface area contributed by atoms with E-state index in [-0.39, 0.29) is 40.0 Å². The largest absolute Gasteiger partial charge is 0.465 e. The van der Waals surface area contributed by atoms with Gasteiger partial charge in [-0.3, -0.25) is 19.6 Å². The predicted molar refractivity (Wildman–Crippen MR) is 98.6 cm³/mol. The van der Waals surface area contributed by atoms with E-state index in [9.17, 15) is 24.5 Å². The average molecular weight is 410 g/mol. The molecule has 11 nitrogen and oxygen atoms in total. The van der Waals surface area contributed by atoms with Gasteiger partial charge in [-0.15, -0.1) is 11.3 Å². The summed E-state index contributed by atoms with van der Waals surface area (Å²) in [5.74, 6) is -1.92. The number of carbonyl (C=O) groups is 3. The quantitative estimate of drug-likeness (QED) is 0.415. The number of carbonyl (C=O) groups excluding carboxylic acids is 3. The molecule has 2 heterocycles. The number of nitrogens with zero attached hydrogens (tertiary/aromatic N) is 3. The van der Waals surface area contributed by atoms with Crippen LogP contribution in [0.4, 0.5) is 10.7 Å². The van der Waals surface area contributed by atoms with Crippen molar-refractivity contribution in [1.82, 2.24) is 9.78 Å². The van der Waals surface area contributed by atoms with E-state index >= 15 is 0 Å². The molecular formula is C16H18N4O7S. The van der Waals surface area contributed by atoms with Crippen molar-refractivity contribution < 1.29 is 28.8 Å². The van der Waals surface area contributed by atoms with Gasteiger partial charge < -0.3 is 14.8 Å². The minimum Gasteiger partial charge on any atom is -0.465 e. The number of aryl methyl sites for hydroxylation is 1. The summed E-state index contributed by atoms with van der Waals surface area (Å²) < 4.78 is 10.8. The molecule has 0 saturated heterocycles. The zero-order valence-electron chi connectivity index (χ0n) is 15.6. The number of nitro groups is 1. The SMILES string of the molecule is CCOC(=O)c1sc(NC(=O)Cn2cc([N+](=O)[O-])c(C)n2)c(C(=O)OC)c1C. The van der Waals surface area contributed by atoms with Crippen molar-refractivity contribution in [2.75, 3.05) is 19.0 Å². The van der Waals surface area contributed by atoms with Crippen LogP contribution in [0.15, 0.2) is 6.20 Å². The molecule has 2 rings (SSSR count). The number of anilines is 1. The second-order valence-corrected chi connectivity index (χ2v) is 6.60. The molecule has 2 aromatic heterocycles. The van der Waals surface area contributed by atoms with E-state index < -0.39 is 22.8 Å². The zero-order valence-corrected chi connectivity index (χ0v) is 16.4. The van der Waals surface area contributed by atoms with Crippen LogP contribution in [0.2, 0.25) is 0 Å². The molecule has 2 aromatic rings. The van der Waals surface area contributed by atoms with Gasteiger partial charge in [0.25, 0.3) is 0 Å². The number of methoxy groups -OCH3 is 1. The monoisotopic (exact) mass is 410 g/mol. The Morgan fingerprint density at radius 2 is 2.00 bits per heavy atom. The van der Waals surface area contributed by atoms with Crippen LogP contribution in [0.5, 0.6) is 0 Å². The Hall–Kier alpha value is -3.28. The van der Waals surface area contributed by atoms with Crippen molar-refractivity contribution in [1.29, 1.82) is 0 Å². The molecule has 28 heavy (non-hydrogen) atoms. The van der Waals surface area contributed by atoms with Crippen LogP contribution in [0, 0.1) is 24.0 Å². The highest BCUT2D eigenvalue weighted by molar-refractivity contribution is 7.18. The number of aromatic nitrogens is 2. The summed E-state index contributed by atoms with van der Waals surface area (Å²) in [6.45, 7) is 4.49. The van der Waals surface area contributed by atoms with Crippen molar-refractivity contribution >= 4 is 39.9 Å². The van der Waals surface area contributed by atoms with Crippen LogP contribution in [0.3, 0.4) is 0 Å². The summed E-state index contributed by atoms with van der Waals surface area (Å²) in [6, 6.07) is 0. The number of hydrogen-bond acceptors (Lipinski definition) is 9. The van der Waals surface area contributed by atoms with Crippen molar-refractivity contribution in [2.24, 2.45) is 0 Å². The Labute approximate surface area is 163 Å². The fourth-order valence-corrected chi connectivity index (χ4v) is 3.53. The first-order chi connectivity index (χ1) is 13.2. The lowest BCUT2D eigenvalue weighted by atomic mass is 10.1. The molecule has 0 unspecified atom stereocenters. The van der Waals surface area contributed by atoms with Crippen molar-refractivity contribution in [3.63, 3.8) is 0 Å². The van der Waals surface area contributed by atoms with E-state index in [1.165, 1.54) is 14.0 Å². The summed E-state index contributed by atoms with van der Waals surface area (Å²) in [5, 5.41) is 17.4. The third-order valence-corrected chi connectivity index (χ3v) is 4.86. The molecular weight excluding hydrogens is 392 g/mol. The fraction of sp³-hybridized carbons (Fsp3) is 0.375. The van der Waals surface area contributed by atoms with Crippen LogP contribution in [0.25, 0.3) is 0 Å². The van der Waals surface area contributed by atoms with Crippen LogP contribution < -0.4 is 5.32 Å². The van der Waals surface area contributed by atoms with Crippen LogP contribution >= 0.6 is 11.3 Å². The molecule has 0 radical (unpaired) electrons. The predicted octanol–water partition coefficient (Wildman–Crippen LogP) is 2.07. The van der Waals surface area contributed by atoms with Gasteiger partial charge in [0.15, 0.2) is 0 Å². The first kappa shape index (κ1) is 21.0. The minimum absolute atomic E-state index is 0.0477. The number of nitrogens with one attached hydrogen (secondary N) is 1. The molecule has 0 bridgehead atoms. The number of rotatable bonds is 7. The van der Waals surface area contributed by atoms with Gasteiger partial charge in [0.2, 0.25) is 5.91 Å². The highest BCUT2D eigenvalue weighted by Crippen LogP contribution is 2.34. The summed E-state index contributed by atoms with van der Waals surface area (Å²) in [7, 11) is 1.18. The lowest BCUT2D eigenvalue weighted by molar-refractivity contribution is -0.385. The average Bonchev–Trinajstić information content (AvgIpc) is 3.14. The first-order valence-electron chi connectivity index (χ1n) is 8.06. The van der Waals surface area contributed by atoms with Crippen LogP contribution in [-0.4, -0.2) is 46.3 Å². The Morgan fingerprint density at radius 1 is 1.32 bits per heavy atom. The smallest absolute Gasteiger partial charge is 0.348 e. The van der Waals surface area contributed by atoms with Crippen LogP contribution in [0.1, 0.15) is 38.2 Å². The molecule has 0 spiro atoms. The first-order valence-corrected chi connectivity index (χ1v) is 8.88. The van der Waals surface area contributed by atoms with Gasteiger partial charge in [0.05, 0.1) is 24.2 Å². The third kappa shape index (κ3) is 4.34. The number of ether oxygens (including phenoxy) is 2. The summed E-state index contributed by atoms with van der Waals surface area (Å²) in [4.78, 5) is 47.0. The molecule has 0 fully saturated rings. The third-order valence-electron chi connectivity index (χ3n) is 3.67. The van der Waals surface area contributed by atoms with E-state index in [0.717, 1.165) is 22.2 Å². The normalized spacial score (nSPS) is 10.4. The maximum Gasteiger partial charge on any atom is 0.348 e. The lowest BCUT2D eigenvalue weighted by Crippen LogP contribution is -2.20. The number of amides is 1. The van der Waals surface area contributed by atoms with Crippen molar-refractivity contribution in [3.05, 3.63) is 38.0 Å². The molecule has 0 aliphatic rings. The van der Waals surface area contributed by atoms with Gasteiger partial charge >= 0.3 is 17.6 Å². The second kappa shape index (κ2) is 8.61.